The fourth-order valence-electron chi connectivity index (χ4n) is 2.43. The number of furan rings is 1. The molecule has 0 aliphatic carbocycles. The summed E-state index contributed by atoms with van der Waals surface area (Å²) in [6.45, 7) is 0. The number of nitrogens with one attached hydrogen (secondary N) is 1. The Balaban J connectivity index is 2.34. The van der Waals surface area contributed by atoms with Crippen LogP contribution in [-0.2, 0) is 0 Å². The third-order valence-electron chi connectivity index (χ3n) is 3.30. The van der Waals surface area contributed by atoms with Crippen LogP contribution in [0.15, 0.2) is 56.1 Å². The minimum Gasteiger partial charge on any atom is -0.440 e. The van der Waals surface area contributed by atoms with E-state index in [9.17, 15) is 4.79 Å². The molecule has 0 unspecified atom stereocenters. The van der Waals surface area contributed by atoms with Gasteiger partial charge in [0.25, 0.3) is 0 Å². The highest BCUT2D eigenvalue weighted by molar-refractivity contribution is 9.10. The van der Waals surface area contributed by atoms with Gasteiger partial charge in [0, 0.05) is 15.2 Å². The van der Waals surface area contributed by atoms with Gasteiger partial charge >= 0.3 is 0 Å². The van der Waals surface area contributed by atoms with Crippen molar-refractivity contribution in [1.82, 2.24) is 4.98 Å². The number of fused-ring (bicyclic) bond motifs is 4. The largest absolute Gasteiger partial charge is 0.440 e. The van der Waals surface area contributed by atoms with Crippen molar-refractivity contribution in [3.05, 3.63) is 57.2 Å². The molecule has 1 N–H and O–H groups in total. The monoisotopic (exact) mass is 313 g/mol. The van der Waals surface area contributed by atoms with E-state index in [2.05, 4.69) is 20.9 Å². The zero-order valence-electron chi connectivity index (χ0n) is 9.74. The number of hydrogen-bond acceptors (Lipinski definition) is 2. The van der Waals surface area contributed by atoms with Gasteiger partial charge in [0.05, 0.1) is 10.9 Å². The number of aromatic nitrogens is 1. The van der Waals surface area contributed by atoms with Crippen LogP contribution in [0, 0.1) is 0 Å². The zero-order chi connectivity index (χ0) is 13.0. The summed E-state index contributed by atoms with van der Waals surface area (Å²) in [6.07, 6.45) is 0. The van der Waals surface area contributed by atoms with Gasteiger partial charge in [-0.3, -0.25) is 4.79 Å². The molecule has 4 heteroatoms. The average molecular weight is 314 g/mol. The summed E-state index contributed by atoms with van der Waals surface area (Å²) in [5, 5.41) is 2.12. The predicted molar refractivity (Wildman–Crippen MR) is 79.5 cm³/mol. The van der Waals surface area contributed by atoms with Crippen molar-refractivity contribution in [2.75, 3.05) is 0 Å². The van der Waals surface area contributed by atoms with Crippen molar-refractivity contribution in [3.63, 3.8) is 0 Å². The number of aromatic amines is 1. The van der Waals surface area contributed by atoms with E-state index in [1.54, 1.807) is 0 Å². The molecule has 3 nitrogen and oxygen atoms in total. The molecule has 0 saturated carbocycles. The third kappa shape index (κ3) is 1.47. The quantitative estimate of drug-likeness (QED) is 0.529. The molecule has 4 aromatic rings. The van der Waals surface area contributed by atoms with Crippen LogP contribution in [0.2, 0.25) is 0 Å². The first-order chi connectivity index (χ1) is 9.24. The molecule has 0 bridgehead atoms. The first-order valence-corrected chi connectivity index (χ1v) is 6.66. The Labute approximate surface area is 116 Å². The summed E-state index contributed by atoms with van der Waals surface area (Å²) in [4.78, 5) is 15.8. The number of pyridine rings is 1. The highest BCUT2D eigenvalue weighted by Gasteiger charge is 2.13. The lowest BCUT2D eigenvalue weighted by Crippen LogP contribution is -2.02. The SMILES string of the molecule is O=c1c2cc(Br)ccc2[nH]c2oc3ccccc3c12. The van der Waals surface area contributed by atoms with Gasteiger partial charge in [0.15, 0.2) is 0 Å². The molecule has 2 aromatic heterocycles. The Morgan fingerprint density at radius 1 is 1.05 bits per heavy atom. The molecule has 0 aliphatic heterocycles. The van der Waals surface area contributed by atoms with Crippen LogP contribution in [-0.4, -0.2) is 4.98 Å². The molecule has 0 spiro atoms. The molecule has 92 valence electrons. The summed E-state index contributed by atoms with van der Waals surface area (Å²) in [5.74, 6) is 0. The smallest absolute Gasteiger partial charge is 0.209 e. The van der Waals surface area contributed by atoms with Crippen LogP contribution in [0.5, 0.6) is 0 Å². The fourth-order valence-corrected chi connectivity index (χ4v) is 2.79. The Morgan fingerprint density at radius 2 is 1.89 bits per heavy atom. The van der Waals surface area contributed by atoms with Crippen LogP contribution in [0.25, 0.3) is 33.0 Å². The molecule has 0 saturated heterocycles. The first kappa shape index (κ1) is 10.8. The molecule has 2 heterocycles. The Kier molecular flexibility index (Phi) is 2.11. The molecule has 4 rings (SSSR count). The van der Waals surface area contributed by atoms with Crippen molar-refractivity contribution < 1.29 is 4.42 Å². The molecule has 0 amide bonds. The van der Waals surface area contributed by atoms with Gasteiger partial charge in [0.1, 0.15) is 5.58 Å². The highest BCUT2D eigenvalue weighted by atomic mass is 79.9. The number of halogens is 1. The summed E-state index contributed by atoms with van der Waals surface area (Å²) in [7, 11) is 0. The number of para-hydroxylation sites is 1. The van der Waals surface area contributed by atoms with Gasteiger partial charge in [-0.05, 0) is 24.3 Å². The molecular formula is C15H8BrNO2. The molecule has 0 fully saturated rings. The van der Waals surface area contributed by atoms with Crippen molar-refractivity contribution in [3.8, 4) is 0 Å². The number of benzene rings is 2. The van der Waals surface area contributed by atoms with Crippen LogP contribution in [0.4, 0.5) is 0 Å². The Hall–Kier alpha value is -2.07. The van der Waals surface area contributed by atoms with Crippen LogP contribution in [0.1, 0.15) is 0 Å². The lowest BCUT2D eigenvalue weighted by atomic mass is 10.1. The van der Waals surface area contributed by atoms with E-state index >= 15 is 0 Å². The van der Waals surface area contributed by atoms with Gasteiger partial charge in [-0.2, -0.15) is 0 Å². The van der Waals surface area contributed by atoms with Gasteiger partial charge in [-0.15, -0.1) is 0 Å². The Morgan fingerprint density at radius 3 is 2.79 bits per heavy atom. The summed E-state index contributed by atoms with van der Waals surface area (Å²) < 4.78 is 6.59. The molecule has 19 heavy (non-hydrogen) atoms. The van der Waals surface area contributed by atoms with E-state index in [4.69, 9.17) is 4.42 Å². The second-order valence-corrected chi connectivity index (χ2v) is 5.36. The summed E-state index contributed by atoms with van der Waals surface area (Å²) in [5.41, 5.74) is 2.02. The standard InChI is InChI=1S/C15H8BrNO2/c16-8-5-6-11-10(7-8)14(18)13-9-3-1-2-4-12(9)19-15(13)17-11/h1-7H,(H,17,18). The molecule has 2 aromatic carbocycles. The number of rotatable bonds is 0. The topological polar surface area (TPSA) is 46.0 Å². The highest BCUT2D eigenvalue weighted by Crippen LogP contribution is 2.27. The number of hydrogen-bond donors (Lipinski definition) is 1. The van der Waals surface area contributed by atoms with E-state index < -0.39 is 0 Å². The molecular weight excluding hydrogens is 306 g/mol. The van der Waals surface area contributed by atoms with Crippen molar-refractivity contribution in [2.45, 2.75) is 0 Å². The van der Waals surface area contributed by atoms with E-state index in [1.165, 1.54) is 0 Å². The minimum atomic E-state index is -0.00463. The van der Waals surface area contributed by atoms with Crippen LogP contribution in [0.3, 0.4) is 0 Å². The van der Waals surface area contributed by atoms with Crippen molar-refractivity contribution in [1.29, 1.82) is 0 Å². The van der Waals surface area contributed by atoms with E-state index in [0.717, 1.165) is 21.0 Å². The lowest BCUT2D eigenvalue weighted by Gasteiger charge is -1.98. The first-order valence-electron chi connectivity index (χ1n) is 5.87. The second-order valence-electron chi connectivity index (χ2n) is 4.45. The van der Waals surface area contributed by atoms with E-state index in [-0.39, 0.29) is 5.43 Å². The predicted octanol–water partition coefficient (Wildman–Crippen LogP) is 4.19. The van der Waals surface area contributed by atoms with E-state index in [1.807, 2.05) is 42.5 Å². The lowest BCUT2D eigenvalue weighted by molar-refractivity contribution is 0.656. The van der Waals surface area contributed by atoms with Gasteiger partial charge < -0.3 is 9.40 Å². The maximum atomic E-state index is 12.6. The van der Waals surface area contributed by atoms with Gasteiger partial charge in [0.2, 0.25) is 11.1 Å². The third-order valence-corrected chi connectivity index (χ3v) is 3.79. The number of H-pyrrole nitrogens is 1. The zero-order valence-corrected chi connectivity index (χ0v) is 11.3. The molecule has 0 radical (unpaired) electrons. The average Bonchev–Trinajstić information content (AvgIpc) is 2.78. The second kappa shape index (κ2) is 3.71. The summed E-state index contributed by atoms with van der Waals surface area (Å²) >= 11 is 3.39. The van der Waals surface area contributed by atoms with E-state index in [0.29, 0.717) is 16.5 Å². The normalized spacial score (nSPS) is 11.6. The summed E-state index contributed by atoms with van der Waals surface area (Å²) in [6, 6.07) is 13.2. The maximum absolute atomic E-state index is 12.6. The molecule has 0 aliphatic rings. The minimum absolute atomic E-state index is 0.00463. The van der Waals surface area contributed by atoms with Crippen molar-refractivity contribution in [2.24, 2.45) is 0 Å². The van der Waals surface area contributed by atoms with Gasteiger partial charge in [-0.25, -0.2) is 0 Å². The molecule has 0 atom stereocenters. The Bertz CT molecular complexity index is 997. The van der Waals surface area contributed by atoms with Crippen LogP contribution >= 0.6 is 15.9 Å². The maximum Gasteiger partial charge on any atom is 0.209 e. The van der Waals surface area contributed by atoms with Gasteiger partial charge in [-0.1, -0.05) is 34.1 Å². The van der Waals surface area contributed by atoms with Crippen molar-refractivity contribution >= 4 is 48.9 Å². The fraction of sp³-hybridized carbons (Fsp3) is 0. The van der Waals surface area contributed by atoms with Crippen LogP contribution < -0.4 is 5.43 Å².